The molecule has 0 aliphatic rings. The average molecular weight is 330 g/mol. The van der Waals surface area contributed by atoms with Crippen molar-refractivity contribution in [3.05, 3.63) is 0 Å². The van der Waals surface area contributed by atoms with Gasteiger partial charge in [-0.1, -0.05) is 46.5 Å². The van der Waals surface area contributed by atoms with Gasteiger partial charge in [0.25, 0.3) is 0 Å². The Morgan fingerprint density at radius 3 is 2.23 bits per heavy atom. The fourth-order valence-corrected chi connectivity index (χ4v) is 3.35. The molecule has 0 saturated heterocycles. The molecule has 2 atom stereocenters. The number of hydrogen-bond acceptors (Lipinski definition) is 3. The molecule has 22 heavy (non-hydrogen) atoms. The maximum absolute atomic E-state index is 12.4. The lowest BCUT2D eigenvalue weighted by Gasteiger charge is -2.20. The van der Waals surface area contributed by atoms with Gasteiger partial charge in [-0.15, -0.1) is 0 Å². The SMILES string of the molecule is CCCCCCC(CC)C(=O)NC(CCSCCC)C(C)=O. The molecule has 0 aliphatic carbocycles. The Kier molecular flexibility index (Phi) is 13.8. The van der Waals surface area contributed by atoms with Gasteiger partial charge in [0.1, 0.15) is 0 Å². The van der Waals surface area contributed by atoms with Crippen LogP contribution >= 0.6 is 11.8 Å². The standard InChI is InChI=1S/C18H35NO2S/c1-5-8-9-10-11-16(7-3)18(21)19-17(15(4)20)12-14-22-13-6-2/h16-17H,5-14H2,1-4H3,(H,19,21). The van der Waals surface area contributed by atoms with E-state index in [1.54, 1.807) is 6.92 Å². The van der Waals surface area contributed by atoms with Crippen LogP contribution in [0.2, 0.25) is 0 Å². The van der Waals surface area contributed by atoms with Crippen molar-refractivity contribution in [3.63, 3.8) is 0 Å². The lowest BCUT2D eigenvalue weighted by molar-refractivity contribution is -0.129. The van der Waals surface area contributed by atoms with E-state index in [-0.39, 0.29) is 23.7 Å². The Hall–Kier alpha value is -0.510. The van der Waals surface area contributed by atoms with E-state index >= 15 is 0 Å². The molecular formula is C18H35NO2S. The van der Waals surface area contributed by atoms with Gasteiger partial charge in [0.15, 0.2) is 5.78 Å². The van der Waals surface area contributed by atoms with Crippen LogP contribution in [0.15, 0.2) is 0 Å². The summed E-state index contributed by atoms with van der Waals surface area (Å²) in [5.74, 6) is 2.26. The number of ketones is 1. The summed E-state index contributed by atoms with van der Waals surface area (Å²) in [7, 11) is 0. The van der Waals surface area contributed by atoms with E-state index in [0.29, 0.717) is 0 Å². The van der Waals surface area contributed by atoms with Crippen molar-refractivity contribution in [1.82, 2.24) is 5.32 Å². The largest absolute Gasteiger partial charge is 0.346 e. The Balaban J connectivity index is 4.23. The molecule has 4 heteroatoms. The molecular weight excluding hydrogens is 294 g/mol. The summed E-state index contributed by atoms with van der Waals surface area (Å²) in [6.45, 7) is 7.99. The first-order valence-electron chi connectivity index (χ1n) is 8.95. The number of amides is 1. The van der Waals surface area contributed by atoms with Crippen molar-refractivity contribution in [2.24, 2.45) is 5.92 Å². The van der Waals surface area contributed by atoms with Gasteiger partial charge < -0.3 is 5.32 Å². The molecule has 0 aromatic carbocycles. The molecule has 0 aliphatic heterocycles. The average Bonchev–Trinajstić information content (AvgIpc) is 2.50. The monoisotopic (exact) mass is 329 g/mol. The fourth-order valence-electron chi connectivity index (χ4n) is 2.45. The predicted molar refractivity (Wildman–Crippen MR) is 97.4 cm³/mol. The van der Waals surface area contributed by atoms with E-state index in [1.165, 1.54) is 19.3 Å². The van der Waals surface area contributed by atoms with Crippen molar-refractivity contribution in [3.8, 4) is 0 Å². The minimum atomic E-state index is -0.304. The van der Waals surface area contributed by atoms with E-state index in [1.807, 2.05) is 11.8 Å². The third-order valence-electron chi connectivity index (χ3n) is 3.98. The van der Waals surface area contributed by atoms with E-state index in [4.69, 9.17) is 0 Å². The number of hydrogen-bond donors (Lipinski definition) is 1. The van der Waals surface area contributed by atoms with Crippen molar-refractivity contribution in [2.45, 2.75) is 85.1 Å². The van der Waals surface area contributed by atoms with Crippen molar-refractivity contribution < 1.29 is 9.59 Å². The highest BCUT2D eigenvalue weighted by molar-refractivity contribution is 7.99. The van der Waals surface area contributed by atoms with Crippen LogP contribution < -0.4 is 5.32 Å². The lowest BCUT2D eigenvalue weighted by atomic mass is 9.96. The summed E-state index contributed by atoms with van der Waals surface area (Å²) in [5, 5.41) is 2.98. The Morgan fingerprint density at radius 1 is 0.955 bits per heavy atom. The van der Waals surface area contributed by atoms with Crippen molar-refractivity contribution >= 4 is 23.5 Å². The number of thioether (sulfide) groups is 1. The Morgan fingerprint density at radius 2 is 1.68 bits per heavy atom. The van der Waals surface area contributed by atoms with Gasteiger partial charge >= 0.3 is 0 Å². The van der Waals surface area contributed by atoms with Gasteiger partial charge in [-0.05, 0) is 44.1 Å². The second-order valence-corrected chi connectivity index (χ2v) is 7.25. The maximum atomic E-state index is 12.4. The number of rotatable bonds is 14. The summed E-state index contributed by atoms with van der Waals surface area (Å²) < 4.78 is 0. The molecule has 0 spiro atoms. The van der Waals surface area contributed by atoms with Gasteiger partial charge in [0.2, 0.25) is 5.91 Å². The molecule has 0 saturated carbocycles. The summed E-state index contributed by atoms with van der Waals surface area (Å²) in [6.07, 6.45) is 8.45. The van der Waals surface area contributed by atoms with E-state index in [9.17, 15) is 9.59 Å². The topological polar surface area (TPSA) is 46.2 Å². The first kappa shape index (κ1) is 21.5. The molecule has 0 radical (unpaired) electrons. The minimum Gasteiger partial charge on any atom is -0.346 e. The number of Topliss-reactive ketones (excluding diaryl/α,β-unsaturated/α-hetero) is 1. The number of carbonyl (C=O) groups is 2. The normalized spacial score (nSPS) is 13.6. The quantitative estimate of drug-likeness (QED) is 0.474. The molecule has 0 bridgehead atoms. The van der Waals surface area contributed by atoms with Gasteiger partial charge in [-0.2, -0.15) is 11.8 Å². The zero-order valence-corrected chi connectivity index (χ0v) is 15.8. The van der Waals surface area contributed by atoms with Gasteiger partial charge in [-0.25, -0.2) is 0 Å². The molecule has 0 heterocycles. The van der Waals surface area contributed by atoms with E-state index in [0.717, 1.165) is 43.6 Å². The van der Waals surface area contributed by atoms with Gasteiger partial charge in [0.05, 0.1) is 6.04 Å². The molecule has 0 aromatic heterocycles. The maximum Gasteiger partial charge on any atom is 0.223 e. The number of unbranched alkanes of at least 4 members (excludes halogenated alkanes) is 3. The van der Waals surface area contributed by atoms with Gasteiger partial charge in [0, 0.05) is 5.92 Å². The Labute approximate surface area is 141 Å². The van der Waals surface area contributed by atoms with Crippen LogP contribution in [0.4, 0.5) is 0 Å². The summed E-state index contributed by atoms with van der Waals surface area (Å²) in [6, 6.07) is -0.304. The first-order valence-corrected chi connectivity index (χ1v) is 10.1. The van der Waals surface area contributed by atoms with Crippen LogP contribution in [0, 0.1) is 5.92 Å². The second kappa shape index (κ2) is 14.1. The summed E-state index contributed by atoms with van der Waals surface area (Å²) in [4.78, 5) is 24.1. The summed E-state index contributed by atoms with van der Waals surface area (Å²) >= 11 is 1.86. The molecule has 130 valence electrons. The van der Waals surface area contributed by atoms with Crippen molar-refractivity contribution in [2.75, 3.05) is 11.5 Å². The third kappa shape index (κ3) is 10.3. The van der Waals surface area contributed by atoms with Gasteiger partial charge in [-0.3, -0.25) is 9.59 Å². The third-order valence-corrected chi connectivity index (χ3v) is 5.20. The van der Waals surface area contributed by atoms with Crippen LogP contribution in [-0.4, -0.2) is 29.2 Å². The molecule has 0 aromatic rings. The molecule has 1 N–H and O–H groups in total. The first-order chi connectivity index (χ1) is 10.6. The minimum absolute atomic E-state index is 0.0574. The molecule has 0 fully saturated rings. The fraction of sp³-hybridized carbons (Fsp3) is 0.889. The zero-order chi connectivity index (χ0) is 16.8. The van der Waals surface area contributed by atoms with Crippen molar-refractivity contribution in [1.29, 1.82) is 0 Å². The smallest absolute Gasteiger partial charge is 0.223 e. The second-order valence-electron chi connectivity index (χ2n) is 6.03. The van der Waals surface area contributed by atoms with Crippen LogP contribution in [0.3, 0.4) is 0 Å². The Bertz CT molecular complexity index is 307. The molecule has 0 rings (SSSR count). The molecule has 2 unspecified atom stereocenters. The van der Waals surface area contributed by atoms with Crippen LogP contribution in [0.25, 0.3) is 0 Å². The highest BCUT2D eigenvalue weighted by atomic mass is 32.2. The van der Waals surface area contributed by atoms with Crippen LogP contribution in [0.5, 0.6) is 0 Å². The highest BCUT2D eigenvalue weighted by Gasteiger charge is 2.22. The van der Waals surface area contributed by atoms with E-state index < -0.39 is 0 Å². The zero-order valence-electron chi connectivity index (χ0n) is 15.0. The molecule has 3 nitrogen and oxygen atoms in total. The summed E-state index contributed by atoms with van der Waals surface area (Å²) in [5.41, 5.74) is 0. The predicted octanol–water partition coefficient (Wildman–Crippen LogP) is 4.59. The van der Waals surface area contributed by atoms with E-state index in [2.05, 4.69) is 26.1 Å². The van der Waals surface area contributed by atoms with Crippen LogP contribution in [-0.2, 0) is 9.59 Å². The highest BCUT2D eigenvalue weighted by Crippen LogP contribution is 2.15. The van der Waals surface area contributed by atoms with Crippen LogP contribution in [0.1, 0.15) is 79.1 Å². The number of carbonyl (C=O) groups excluding carboxylic acids is 2. The molecule has 1 amide bonds. The lowest BCUT2D eigenvalue weighted by Crippen LogP contribution is -2.43. The number of nitrogens with one attached hydrogen (secondary N) is 1.